The number of amides is 1. The maximum atomic E-state index is 11.9. The average molecular weight is 297 g/mol. The van der Waals surface area contributed by atoms with Crippen molar-refractivity contribution in [2.75, 3.05) is 11.9 Å². The van der Waals surface area contributed by atoms with Crippen LogP contribution in [0.2, 0.25) is 0 Å². The van der Waals surface area contributed by atoms with Crippen molar-refractivity contribution in [1.29, 1.82) is 0 Å². The number of rotatable bonds is 6. The Kier molecular flexibility index (Phi) is 5.59. The minimum absolute atomic E-state index is 0.0105. The number of ether oxygens (including phenoxy) is 1. The number of anilines is 1. The van der Waals surface area contributed by atoms with Gasteiger partial charge >= 0.3 is 0 Å². The number of carbonyl (C=O) groups is 1. The van der Waals surface area contributed by atoms with E-state index in [0.29, 0.717) is 11.7 Å². The van der Waals surface area contributed by atoms with E-state index in [4.69, 9.17) is 4.74 Å². The second kappa shape index (κ2) is 7.64. The molecule has 1 atom stereocenters. The molecule has 1 N–H and O–H groups in total. The molecule has 0 spiro atoms. The molecule has 116 valence electrons. The molecule has 0 aliphatic carbocycles. The lowest BCUT2D eigenvalue weighted by molar-refractivity contribution is -0.118. The van der Waals surface area contributed by atoms with E-state index in [2.05, 4.69) is 31.3 Å². The highest BCUT2D eigenvalue weighted by Crippen LogP contribution is 2.21. The molecule has 22 heavy (non-hydrogen) atoms. The van der Waals surface area contributed by atoms with Gasteiger partial charge in [0.25, 0.3) is 5.91 Å². The van der Waals surface area contributed by atoms with Crippen LogP contribution in [-0.4, -0.2) is 12.5 Å². The van der Waals surface area contributed by atoms with Crippen molar-refractivity contribution in [1.82, 2.24) is 0 Å². The van der Waals surface area contributed by atoms with E-state index < -0.39 is 0 Å². The number of hydrogen-bond donors (Lipinski definition) is 1. The minimum atomic E-state index is -0.158. The van der Waals surface area contributed by atoms with Gasteiger partial charge in [0.15, 0.2) is 6.61 Å². The number of nitrogens with one attached hydrogen (secondary N) is 1. The highest BCUT2D eigenvalue weighted by atomic mass is 16.5. The van der Waals surface area contributed by atoms with Crippen molar-refractivity contribution in [3.8, 4) is 5.75 Å². The summed E-state index contributed by atoms with van der Waals surface area (Å²) in [6.45, 7) is 6.39. The van der Waals surface area contributed by atoms with E-state index in [9.17, 15) is 4.79 Å². The van der Waals surface area contributed by atoms with Gasteiger partial charge < -0.3 is 10.1 Å². The van der Waals surface area contributed by atoms with Gasteiger partial charge in [-0.3, -0.25) is 4.79 Å². The summed E-state index contributed by atoms with van der Waals surface area (Å²) in [6.07, 6.45) is 1.11. The first-order valence-electron chi connectivity index (χ1n) is 7.67. The van der Waals surface area contributed by atoms with Crippen LogP contribution >= 0.6 is 0 Å². The molecule has 0 aromatic heterocycles. The van der Waals surface area contributed by atoms with Crippen LogP contribution in [0.3, 0.4) is 0 Å². The Labute approximate surface area is 132 Å². The lowest BCUT2D eigenvalue weighted by atomic mass is 9.99. The van der Waals surface area contributed by atoms with Gasteiger partial charge in [0.1, 0.15) is 5.75 Å². The number of hydrogen-bond acceptors (Lipinski definition) is 2. The maximum Gasteiger partial charge on any atom is 0.262 e. The van der Waals surface area contributed by atoms with Crippen molar-refractivity contribution in [3.63, 3.8) is 0 Å². The molecule has 0 saturated carbocycles. The Balaban J connectivity index is 1.84. The second-order valence-corrected chi connectivity index (χ2v) is 5.58. The largest absolute Gasteiger partial charge is 0.484 e. The van der Waals surface area contributed by atoms with Crippen LogP contribution in [0.25, 0.3) is 0 Å². The Bertz CT molecular complexity index is 602. The highest BCUT2D eigenvalue weighted by Gasteiger charge is 2.05. The fraction of sp³-hybridized carbons (Fsp3) is 0.316. The topological polar surface area (TPSA) is 38.3 Å². The van der Waals surface area contributed by atoms with Gasteiger partial charge in [-0.1, -0.05) is 43.7 Å². The zero-order chi connectivity index (χ0) is 15.9. The van der Waals surface area contributed by atoms with Crippen molar-refractivity contribution in [2.45, 2.75) is 33.1 Å². The predicted molar refractivity (Wildman–Crippen MR) is 90.5 cm³/mol. The quantitative estimate of drug-likeness (QED) is 0.851. The lowest BCUT2D eigenvalue weighted by Gasteiger charge is -2.11. The summed E-state index contributed by atoms with van der Waals surface area (Å²) in [5.41, 5.74) is 3.24. The summed E-state index contributed by atoms with van der Waals surface area (Å²) in [7, 11) is 0. The standard InChI is InChI=1S/C19H23NO2/c1-4-15(3)16-7-11-18(12-8-16)22-13-19(21)20-17-9-5-14(2)6-10-17/h5-12,15H,4,13H2,1-3H3,(H,20,21)/t15-/m0/s1. The van der Waals surface area contributed by atoms with Gasteiger partial charge in [-0.05, 0) is 49.1 Å². The zero-order valence-corrected chi connectivity index (χ0v) is 13.4. The van der Waals surface area contributed by atoms with E-state index in [1.807, 2.05) is 43.3 Å². The van der Waals surface area contributed by atoms with Gasteiger partial charge in [-0.2, -0.15) is 0 Å². The van der Waals surface area contributed by atoms with E-state index in [1.165, 1.54) is 5.56 Å². The second-order valence-electron chi connectivity index (χ2n) is 5.58. The molecule has 0 aliphatic rings. The molecule has 0 aliphatic heterocycles. The van der Waals surface area contributed by atoms with Crippen LogP contribution < -0.4 is 10.1 Å². The molecule has 3 nitrogen and oxygen atoms in total. The third kappa shape index (κ3) is 4.62. The molecule has 0 bridgehead atoms. The van der Waals surface area contributed by atoms with E-state index in [-0.39, 0.29) is 12.5 Å². The summed E-state index contributed by atoms with van der Waals surface area (Å²) in [5, 5.41) is 2.81. The SMILES string of the molecule is CC[C@H](C)c1ccc(OCC(=O)Nc2ccc(C)cc2)cc1. The van der Waals surface area contributed by atoms with E-state index in [0.717, 1.165) is 17.7 Å². The van der Waals surface area contributed by atoms with Crippen LogP contribution in [0.5, 0.6) is 5.75 Å². The summed E-state index contributed by atoms with van der Waals surface area (Å²) in [6, 6.07) is 15.6. The van der Waals surface area contributed by atoms with E-state index >= 15 is 0 Å². The molecule has 0 fully saturated rings. The molecule has 2 aromatic rings. The van der Waals surface area contributed by atoms with Crippen LogP contribution in [0.4, 0.5) is 5.69 Å². The first kappa shape index (κ1) is 16.1. The molecule has 0 saturated heterocycles. The van der Waals surface area contributed by atoms with Gasteiger partial charge in [0, 0.05) is 5.69 Å². The fourth-order valence-corrected chi connectivity index (χ4v) is 2.11. The Hall–Kier alpha value is -2.29. The molecular weight excluding hydrogens is 274 g/mol. The van der Waals surface area contributed by atoms with Crippen molar-refractivity contribution in [2.24, 2.45) is 0 Å². The highest BCUT2D eigenvalue weighted by molar-refractivity contribution is 5.91. The molecule has 3 heteroatoms. The fourth-order valence-electron chi connectivity index (χ4n) is 2.11. The van der Waals surface area contributed by atoms with Crippen LogP contribution in [0.1, 0.15) is 37.3 Å². The van der Waals surface area contributed by atoms with Gasteiger partial charge in [0.05, 0.1) is 0 Å². The van der Waals surface area contributed by atoms with Crippen molar-refractivity contribution in [3.05, 3.63) is 59.7 Å². The maximum absolute atomic E-state index is 11.9. The third-order valence-corrected chi connectivity index (χ3v) is 3.77. The predicted octanol–water partition coefficient (Wildman–Crippen LogP) is 4.53. The first-order chi connectivity index (χ1) is 10.6. The number of carbonyl (C=O) groups excluding carboxylic acids is 1. The molecule has 0 unspecified atom stereocenters. The van der Waals surface area contributed by atoms with Crippen LogP contribution in [0, 0.1) is 6.92 Å². The third-order valence-electron chi connectivity index (χ3n) is 3.77. The van der Waals surface area contributed by atoms with E-state index in [1.54, 1.807) is 0 Å². The van der Waals surface area contributed by atoms with Gasteiger partial charge in [-0.25, -0.2) is 0 Å². The van der Waals surface area contributed by atoms with Crippen molar-refractivity contribution >= 4 is 11.6 Å². The van der Waals surface area contributed by atoms with Gasteiger partial charge in [-0.15, -0.1) is 0 Å². The van der Waals surface area contributed by atoms with Crippen LogP contribution in [0.15, 0.2) is 48.5 Å². The molecule has 0 heterocycles. The Morgan fingerprint density at radius 3 is 2.32 bits per heavy atom. The van der Waals surface area contributed by atoms with Crippen LogP contribution in [-0.2, 0) is 4.79 Å². The molecule has 2 aromatic carbocycles. The summed E-state index contributed by atoms with van der Waals surface area (Å²) in [5.74, 6) is 1.10. The molecule has 2 rings (SSSR count). The normalized spacial score (nSPS) is 11.8. The minimum Gasteiger partial charge on any atom is -0.484 e. The summed E-state index contributed by atoms with van der Waals surface area (Å²) in [4.78, 5) is 11.9. The Morgan fingerprint density at radius 1 is 1.09 bits per heavy atom. The number of benzene rings is 2. The average Bonchev–Trinajstić information content (AvgIpc) is 2.55. The first-order valence-corrected chi connectivity index (χ1v) is 7.67. The smallest absolute Gasteiger partial charge is 0.262 e. The lowest BCUT2D eigenvalue weighted by Crippen LogP contribution is -2.20. The van der Waals surface area contributed by atoms with Crippen molar-refractivity contribution < 1.29 is 9.53 Å². The van der Waals surface area contributed by atoms with Gasteiger partial charge in [0.2, 0.25) is 0 Å². The number of aryl methyl sites for hydroxylation is 1. The summed E-state index contributed by atoms with van der Waals surface area (Å²) >= 11 is 0. The molecule has 0 radical (unpaired) electrons. The summed E-state index contributed by atoms with van der Waals surface area (Å²) < 4.78 is 5.52. The zero-order valence-electron chi connectivity index (χ0n) is 13.4. The monoisotopic (exact) mass is 297 g/mol. The Morgan fingerprint density at radius 2 is 1.73 bits per heavy atom. The molecule has 1 amide bonds. The molecular formula is C19H23NO2.